The van der Waals surface area contributed by atoms with Gasteiger partial charge in [0, 0.05) is 11.4 Å². The molecule has 0 unspecified atom stereocenters. The van der Waals surface area contributed by atoms with Crippen molar-refractivity contribution in [2.24, 2.45) is 0 Å². The van der Waals surface area contributed by atoms with E-state index in [1.165, 1.54) is 35.2 Å². The van der Waals surface area contributed by atoms with Crippen LogP contribution in [0.4, 0.5) is 15.8 Å². The van der Waals surface area contributed by atoms with Crippen molar-refractivity contribution in [1.82, 2.24) is 9.55 Å². The third kappa shape index (κ3) is 4.36. The molecular weight excluding hydrogens is 419 g/mol. The lowest BCUT2D eigenvalue weighted by atomic mass is 10.2. The number of para-hydroxylation sites is 1. The number of amides is 2. The zero-order valence-electron chi connectivity index (χ0n) is 16.4. The maximum Gasteiger partial charge on any atom is 0.266 e. The summed E-state index contributed by atoms with van der Waals surface area (Å²) in [6, 6.07) is 14.3. The monoisotopic (exact) mass is 436 g/mol. The van der Waals surface area contributed by atoms with Gasteiger partial charge in [-0.25, -0.2) is 9.37 Å². The molecule has 0 radical (unpaired) electrons. The number of nitrogens with one attached hydrogen (secondary N) is 2. The van der Waals surface area contributed by atoms with Crippen molar-refractivity contribution in [3.05, 3.63) is 87.5 Å². The number of thiophene rings is 1. The van der Waals surface area contributed by atoms with Gasteiger partial charge in [0.1, 0.15) is 17.2 Å². The molecule has 0 aliphatic rings. The van der Waals surface area contributed by atoms with E-state index in [4.69, 9.17) is 0 Å². The zero-order valence-corrected chi connectivity index (χ0v) is 17.2. The van der Waals surface area contributed by atoms with Gasteiger partial charge < -0.3 is 10.6 Å². The normalized spacial score (nSPS) is 10.8. The number of carbonyl (C=O) groups excluding carboxylic acids is 2. The first kappa shape index (κ1) is 20.4. The molecule has 156 valence electrons. The second-order valence-corrected chi connectivity index (χ2v) is 7.79. The van der Waals surface area contributed by atoms with E-state index in [0.29, 0.717) is 32.0 Å². The van der Waals surface area contributed by atoms with E-state index >= 15 is 0 Å². The highest BCUT2D eigenvalue weighted by atomic mass is 32.1. The summed E-state index contributed by atoms with van der Waals surface area (Å²) >= 11 is 1.12. The smallest absolute Gasteiger partial charge is 0.266 e. The molecule has 0 aliphatic heterocycles. The Labute approximate surface area is 180 Å². The molecule has 9 heteroatoms. The first-order chi connectivity index (χ1) is 14.9. The van der Waals surface area contributed by atoms with Gasteiger partial charge in [0.15, 0.2) is 0 Å². The molecule has 4 rings (SSSR count). The lowest BCUT2D eigenvalue weighted by Gasteiger charge is -2.07. The summed E-state index contributed by atoms with van der Waals surface area (Å²) in [5.74, 6) is -1.19. The van der Waals surface area contributed by atoms with Gasteiger partial charge in [0.05, 0.1) is 16.6 Å². The number of hydrogen-bond donors (Lipinski definition) is 2. The van der Waals surface area contributed by atoms with Gasteiger partial charge in [-0.1, -0.05) is 18.2 Å². The second-order valence-electron chi connectivity index (χ2n) is 6.79. The summed E-state index contributed by atoms with van der Waals surface area (Å²) in [7, 11) is 0. The maximum absolute atomic E-state index is 13.0. The van der Waals surface area contributed by atoms with Crippen LogP contribution in [0.15, 0.2) is 65.7 Å². The third-order valence-electron chi connectivity index (χ3n) is 4.60. The standard InChI is InChI=1S/C22H17FN4O3S/c1-13-18-21(31-19(13)20(29)26-15-5-3-2-4-6-15)24-12-27(22(18)30)11-17(28)25-16-9-7-14(23)8-10-16/h2-10,12H,11H2,1H3,(H,25,28)(H,26,29). The van der Waals surface area contributed by atoms with Crippen LogP contribution in [0.25, 0.3) is 10.2 Å². The Balaban J connectivity index is 1.57. The largest absolute Gasteiger partial charge is 0.325 e. The van der Waals surface area contributed by atoms with Gasteiger partial charge in [-0.2, -0.15) is 0 Å². The quantitative estimate of drug-likeness (QED) is 0.498. The Bertz CT molecular complexity index is 1330. The molecule has 0 fully saturated rings. The van der Waals surface area contributed by atoms with Gasteiger partial charge >= 0.3 is 0 Å². The Morgan fingerprint density at radius 1 is 1.03 bits per heavy atom. The van der Waals surface area contributed by atoms with Crippen LogP contribution in [0, 0.1) is 12.7 Å². The molecule has 0 bridgehead atoms. The van der Waals surface area contributed by atoms with Gasteiger partial charge in [-0.05, 0) is 48.9 Å². The Morgan fingerprint density at radius 2 is 1.71 bits per heavy atom. The number of carbonyl (C=O) groups is 2. The van der Waals surface area contributed by atoms with Crippen molar-refractivity contribution in [2.75, 3.05) is 10.6 Å². The molecule has 7 nitrogen and oxygen atoms in total. The molecular formula is C22H17FN4O3S. The number of benzene rings is 2. The van der Waals surface area contributed by atoms with Crippen molar-refractivity contribution >= 4 is 44.7 Å². The molecule has 31 heavy (non-hydrogen) atoms. The summed E-state index contributed by atoms with van der Waals surface area (Å²) in [5, 5.41) is 5.71. The summed E-state index contributed by atoms with van der Waals surface area (Å²) in [4.78, 5) is 43.0. The van der Waals surface area contributed by atoms with Crippen molar-refractivity contribution in [3.63, 3.8) is 0 Å². The van der Waals surface area contributed by atoms with Crippen LogP contribution in [-0.2, 0) is 11.3 Å². The van der Waals surface area contributed by atoms with Crippen molar-refractivity contribution in [3.8, 4) is 0 Å². The van der Waals surface area contributed by atoms with Gasteiger partial charge in [0.2, 0.25) is 5.91 Å². The van der Waals surface area contributed by atoms with Crippen LogP contribution >= 0.6 is 11.3 Å². The van der Waals surface area contributed by atoms with E-state index in [9.17, 15) is 18.8 Å². The molecule has 2 aromatic heterocycles. The van der Waals surface area contributed by atoms with Crippen LogP contribution in [0.2, 0.25) is 0 Å². The highest BCUT2D eigenvalue weighted by Gasteiger charge is 2.20. The van der Waals surface area contributed by atoms with E-state index < -0.39 is 17.3 Å². The molecule has 0 spiro atoms. The fourth-order valence-corrected chi connectivity index (χ4v) is 4.12. The van der Waals surface area contributed by atoms with Gasteiger partial charge in [-0.15, -0.1) is 11.3 Å². The third-order valence-corrected chi connectivity index (χ3v) is 5.80. The minimum absolute atomic E-state index is 0.264. The molecule has 0 saturated heterocycles. The Morgan fingerprint density at radius 3 is 2.42 bits per heavy atom. The Kier molecular flexibility index (Phi) is 5.59. The zero-order chi connectivity index (χ0) is 22.0. The van der Waals surface area contributed by atoms with Gasteiger partial charge in [-0.3, -0.25) is 19.0 Å². The number of anilines is 2. The maximum atomic E-state index is 13.0. The highest BCUT2D eigenvalue weighted by molar-refractivity contribution is 7.20. The number of nitrogens with zero attached hydrogens (tertiary/aromatic N) is 2. The van der Waals surface area contributed by atoms with Crippen LogP contribution in [0.1, 0.15) is 15.2 Å². The van der Waals surface area contributed by atoms with E-state index in [1.54, 1.807) is 19.1 Å². The molecule has 2 aromatic carbocycles. The van der Waals surface area contributed by atoms with Crippen LogP contribution < -0.4 is 16.2 Å². The fraction of sp³-hybridized carbons (Fsp3) is 0.0909. The minimum Gasteiger partial charge on any atom is -0.325 e. The number of halogens is 1. The minimum atomic E-state index is -0.454. The van der Waals surface area contributed by atoms with Crippen LogP contribution in [-0.4, -0.2) is 21.4 Å². The van der Waals surface area contributed by atoms with Crippen molar-refractivity contribution in [2.45, 2.75) is 13.5 Å². The predicted molar refractivity (Wildman–Crippen MR) is 118 cm³/mol. The summed E-state index contributed by atoms with van der Waals surface area (Å²) < 4.78 is 14.2. The van der Waals surface area contributed by atoms with Crippen LogP contribution in [0.5, 0.6) is 0 Å². The summed E-state index contributed by atoms with van der Waals surface area (Å²) in [6.45, 7) is 1.42. The van der Waals surface area contributed by atoms with Crippen LogP contribution in [0.3, 0.4) is 0 Å². The second kappa shape index (κ2) is 8.49. The average molecular weight is 436 g/mol. The topological polar surface area (TPSA) is 93.1 Å². The number of fused-ring (bicyclic) bond motifs is 1. The molecule has 0 saturated carbocycles. The van der Waals surface area contributed by atoms with E-state index in [-0.39, 0.29) is 12.5 Å². The number of aromatic nitrogens is 2. The van der Waals surface area contributed by atoms with E-state index in [2.05, 4.69) is 15.6 Å². The molecule has 2 amide bonds. The first-order valence-electron chi connectivity index (χ1n) is 9.33. The lowest BCUT2D eigenvalue weighted by Crippen LogP contribution is -2.28. The molecule has 0 aliphatic carbocycles. The lowest BCUT2D eigenvalue weighted by molar-refractivity contribution is -0.116. The van der Waals surface area contributed by atoms with Crippen molar-refractivity contribution < 1.29 is 14.0 Å². The molecule has 2 heterocycles. The Hall–Kier alpha value is -3.85. The fourth-order valence-electron chi connectivity index (χ4n) is 3.09. The average Bonchev–Trinajstić information content (AvgIpc) is 3.10. The predicted octanol–water partition coefficient (Wildman–Crippen LogP) is 3.80. The summed E-state index contributed by atoms with van der Waals surface area (Å²) in [5.41, 5.74) is 1.17. The summed E-state index contributed by atoms with van der Waals surface area (Å²) in [6.07, 6.45) is 1.28. The highest BCUT2D eigenvalue weighted by Crippen LogP contribution is 2.27. The van der Waals surface area contributed by atoms with Crippen molar-refractivity contribution in [1.29, 1.82) is 0 Å². The molecule has 4 aromatic rings. The first-order valence-corrected chi connectivity index (χ1v) is 10.1. The number of hydrogen-bond acceptors (Lipinski definition) is 5. The molecule has 0 atom stereocenters. The van der Waals surface area contributed by atoms with E-state index in [0.717, 1.165) is 11.3 Å². The SMILES string of the molecule is Cc1c(C(=O)Nc2ccccc2)sc2ncn(CC(=O)Nc3ccc(F)cc3)c(=O)c12. The van der Waals surface area contributed by atoms with E-state index in [1.807, 2.05) is 18.2 Å². The number of aryl methyl sites for hydroxylation is 1. The molecule has 2 N–H and O–H groups in total. The number of rotatable bonds is 5. The van der Waals surface area contributed by atoms with Gasteiger partial charge in [0.25, 0.3) is 11.5 Å².